The molecule has 0 unspecified atom stereocenters. The number of carbonyl (C=O) groups excluding carboxylic acids is 2. The van der Waals surface area contributed by atoms with E-state index in [1.54, 1.807) is 25.7 Å². The van der Waals surface area contributed by atoms with Crippen molar-refractivity contribution >= 4 is 17.7 Å². The molecule has 1 aliphatic heterocycles. The average molecular weight is 349 g/mol. The van der Waals surface area contributed by atoms with Gasteiger partial charge in [-0.25, -0.2) is 4.79 Å². The van der Waals surface area contributed by atoms with E-state index in [0.717, 1.165) is 25.3 Å². The lowest BCUT2D eigenvalue weighted by Crippen LogP contribution is -2.42. The van der Waals surface area contributed by atoms with Gasteiger partial charge in [-0.1, -0.05) is 0 Å². The Hall–Kier alpha value is -2.64. The van der Waals surface area contributed by atoms with Gasteiger partial charge in [-0.3, -0.25) is 14.9 Å². The molecule has 136 valence electrons. The van der Waals surface area contributed by atoms with E-state index in [2.05, 4.69) is 5.32 Å². The minimum absolute atomic E-state index is 0.105. The molecule has 0 aliphatic carbocycles. The summed E-state index contributed by atoms with van der Waals surface area (Å²) in [5.74, 6) is -0.389. The van der Waals surface area contributed by atoms with Gasteiger partial charge in [0.25, 0.3) is 11.6 Å². The maximum Gasteiger partial charge on any atom is 0.413 e. The molecule has 0 atom stereocenters. The minimum atomic E-state index is -0.763. The third-order valence-corrected chi connectivity index (χ3v) is 3.73. The Labute approximate surface area is 146 Å². The van der Waals surface area contributed by atoms with Crippen LogP contribution in [0.5, 0.6) is 5.75 Å². The van der Waals surface area contributed by atoms with Gasteiger partial charge in [-0.15, -0.1) is 0 Å². The second kappa shape index (κ2) is 7.50. The zero-order valence-electron chi connectivity index (χ0n) is 14.7. The second-order valence-electron chi connectivity index (χ2n) is 7.05. The van der Waals surface area contributed by atoms with Crippen molar-refractivity contribution in [1.82, 2.24) is 10.2 Å². The van der Waals surface area contributed by atoms with E-state index in [1.807, 2.05) is 0 Å². The number of nitrogens with zero attached hydrogens (tertiary/aromatic N) is 2. The Kier molecular flexibility index (Phi) is 5.61. The molecule has 1 aliphatic rings. The van der Waals surface area contributed by atoms with E-state index < -0.39 is 16.6 Å². The van der Waals surface area contributed by atoms with Crippen LogP contribution in [-0.2, 0) is 0 Å². The molecule has 1 heterocycles. The maximum atomic E-state index is 12.7. The zero-order valence-corrected chi connectivity index (χ0v) is 14.7. The highest BCUT2D eigenvalue weighted by molar-refractivity contribution is 5.98. The maximum absolute atomic E-state index is 12.7. The number of likely N-dealkylation sites (tertiary alicyclic amines) is 1. The number of hydrogen-bond acceptors (Lipinski definition) is 5. The lowest BCUT2D eigenvalue weighted by molar-refractivity contribution is -0.384. The van der Waals surface area contributed by atoms with Gasteiger partial charge in [0.05, 0.1) is 16.6 Å². The van der Waals surface area contributed by atoms with Crippen LogP contribution in [0.2, 0.25) is 0 Å². The van der Waals surface area contributed by atoms with Crippen molar-refractivity contribution in [3.63, 3.8) is 0 Å². The summed E-state index contributed by atoms with van der Waals surface area (Å²) in [6.07, 6.45) is 2.14. The first-order chi connectivity index (χ1) is 11.7. The van der Waals surface area contributed by atoms with Crippen molar-refractivity contribution in [2.45, 2.75) is 45.6 Å². The van der Waals surface area contributed by atoms with Gasteiger partial charge in [-0.2, -0.15) is 0 Å². The lowest BCUT2D eigenvalue weighted by Gasteiger charge is -2.27. The highest BCUT2D eigenvalue weighted by atomic mass is 16.6. The first-order valence-corrected chi connectivity index (χ1v) is 8.25. The third kappa shape index (κ3) is 5.17. The standard InChI is InChI=1S/C17H23N3O5/c1-17(2,3)18-16(22)25-14-11-12(20(23)24)7-8-13(14)15(21)19-9-5-4-6-10-19/h7-8,11H,4-6,9-10H2,1-3H3,(H,18,22). The molecule has 25 heavy (non-hydrogen) atoms. The smallest absolute Gasteiger partial charge is 0.409 e. The molecule has 0 radical (unpaired) electrons. The molecule has 1 fully saturated rings. The molecule has 1 N–H and O–H groups in total. The minimum Gasteiger partial charge on any atom is -0.409 e. The number of amides is 2. The van der Waals surface area contributed by atoms with Crippen LogP contribution >= 0.6 is 0 Å². The number of ether oxygens (including phenoxy) is 1. The summed E-state index contributed by atoms with van der Waals surface area (Å²) in [5, 5.41) is 13.6. The molecule has 0 saturated carbocycles. The summed E-state index contributed by atoms with van der Waals surface area (Å²) in [6.45, 7) is 6.59. The Morgan fingerprint density at radius 3 is 2.40 bits per heavy atom. The molecule has 8 heteroatoms. The molecule has 0 aromatic heterocycles. The number of nitrogens with one attached hydrogen (secondary N) is 1. The monoisotopic (exact) mass is 349 g/mol. The van der Waals surface area contributed by atoms with Gasteiger partial charge in [-0.05, 0) is 46.1 Å². The average Bonchev–Trinajstić information content (AvgIpc) is 2.53. The summed E-state index contributed by atoms with van der Waals surface area (Å²) < 4.78 is 5.22. The summed E-state index contributed by atoms with van der Waals surface area (Å²) in [4.78, 5) is 36.8. The predicted molar refractivity (Wildman–Crippen MR) is 91.8 cm³/mol. The van der Waals surface area contributed by atoms with E-state index >= 15 is 0 Å². The van der Waals surface area contributed by atoms with Crippen molar-refractivity contribution in [2.24, 2.45) is 0 Å². The number of piperidine rings is 1. The van der Waals surface area contributed by atoms with Gasteiger partial charge >= 0.3 is 6.09 Å². The number of nitro benzene ring substituents is 1. The number of carbonyl (C=O) groups is 2. The van der Waals surface area contributed by atoms with Crippen molar-refractivity contribution in [3.8, 4) is 5.75 Å². The molecule has 2 amide bonds. The number of rotatable bonds is 3. The second-order valence-corrected chi connectivity index (χ2v) is 7.05. The molecule has 8 nitrogen and oxygen atoms in total. The molecule has 1 aromatic rings. The van der Waals surface area contributed by atoms with Crippen molar-refractivity contribution in [3.05, 3.63) is 33.9 Å². The zero-order chi connectivity index (χ0) is 18.6. The lowest BCUT2D eigenvalue weighted by atomic mass is 10.1. The summed E-state index contributed by atoms with van der Waals surface area (Å²) in [6, 6.07) is 3.69. The van der Waals surface area contributed by atoms with Crippen LogP contribution in [0.25, 0.3) is 0 Å². The first kappa shape index (κ1) is 18.7. The topological polar surface area (TPSA) is 102 Å². The number of benzene rings is 1. The summed E-state index contributed by atoms with van der Waals surface area (Å²) in [5.41, 5.74) is -0.625. The van der Waals surface area contributed by atoms with Crippen molar-refractivity contribution in [1.29, 1.82) is 0 Å². The van der Waals surface area contributed by atoms with Gasteiger partial charge in [0.1, 0.15) is 0 Å². The molecule has 0 spiro atoms. The Morgan fingerprint density at radius 1 is 1.20 bits per heavy atom. The van der Waals surface area contributed by atoms with Crippen molar-refractivity contribution < 1.29 is 19.2 Å². The van der Waals surface area contributed by atoms with E-state index in [0.29, 0.717) is 13.1 Å². The van der Waals surface area contributed by atoms with E-state index in [-0.39, 0.29) is 22.9 Å². The van der Waals surface area contributed by atoms with E-state index in [9.17, 15) is 19.7 Å². The Balaban J connectivity index is 2.30. The number of nitro groups is 1. The molecule has 0 bridgehead atoms. The molecular weight excluding hydrogens is 326 g/mol. The number of non-ortho nitro benzene ring substituents is 1. The van der Waals surface area contributed by atoms with Crippen LogP contribution < -0.4 is 10.1 Å². The molecular formula is C17H23N3O5. The Morgan fingerprint density at radius 2 is 1.84 bits per heavy atom. The quantitative estimate of drug-likeness (QED) is 0.667. The molecule has 2 rings (SSSR count). The largest absolute Gasteiger partial charge is 0.413 e. The van der Waals surface area contributed by atoms with Crippen LogP contribution in [-0.4, -0.2) is 40.5 Å². The molecule has 1 saturated heterocycles. The number of hydrogen-bond donors (Lipinski definition) is 1. The van der Waals surface area contributed by atoms with Crippen molar-refractivity contribution in [2.75, 3.05) is 13.1 Å². The first-order valence-electron chi connectivity index (χ1n) is 8.25. The predicted octanol–water partition coefficient (Wildman–Crippen LogP) is 3.11. The highest BCUT2D eigenvalue weighted by Crippen LogP contribution is 2.27. The fourth-order valence-electron chi connectivity index (χ4n) is 2.58. The van der Waals surface area contributed by atoms with Gasteiger partial charge in [0, 0.05) is 24.7 Å². The van der Waals surface area contributed by atoms with Crippen LogP contribution in [0.1, 0.15) is 50.4 Å². The summed E-state index contributed by atoms with van der Waals surface area (Å²) >= 11 is 0. The van der Waals surface area contributed by atoms with Crippen LogP contribution in [0, 0.1) is 10.1 Å². The Bertz CT molecular complexity index is 675. The van der Waals surface area contributed by atoms with Gasteiger partial charge in [0.15, 0.2) is 5.75 Å². The SMILES string of the molecule is CC(C)(C)NC(=O)Oc1cc([N+](=O)[O-])ccc1C(=O)N1CCCCC1. The highest BCUT2D eigenvalue weighted by Gasteiger charge is 2.25. The van der Waals surface area contributed by atoms with E-state index in [4.69, 9.17) is 4.74 Å². The third-order valence-electron chi connectivity index (χ3n) is 3.73. The van der Waals surface area contributed by atoms with Gasteiger partial charge < -0.3 is 15.0 Å². The van der Waals surface area contributed by atoms with E-state index in [1.165, 1.54) is 12.1 Å². The van der Waals surface area contributed by atoms with Gasteiger partial charge in [0.2, 0.25) is 0 Å². The summed E-state index contributed by atoms with van der Waals surface area (Å²) in [7, 11) is 0. The fraction of sp³-hybridized carbons (Fsp3) is 0.529. The molecule has 1 aromatic carbocycles. The normalized spacial score (nSPS) is 14.8. The fourth-order valence-corrected chi connectivity index (χ4v) is 2.58. The van der Waals surface area contributed by atoms with Crippen LogP contribution in [0.3, 0.4) is 0 Å². The van der Waals surface area contributed by atoms with Crippen LogP contribution in [0.15, 0.2) is 18.2 Å². The van der Waals surface area contributed by atoms with Crippen LogP contribution in [0.4, 0.5) is 10.5 Å².